The molecule has 0 unspecified atom stereocenters. The summed E-state index contributed by atoms with van der Waals surface area (Å²) in [7, 11) is 0. The van der Waals surface area contributed by atoms with Crippen LogP contribution in [-0.4, -0.2) is 24.5 Å². The monoisotopic (exact) mass is 279 g/mol. The average Bonchev–Trinajstić information content (AvgIpc) is 2.97. The molecule has 2 atom stereocenters. The van der Waals surface area contributed by atoms with Gasteiger partial charge in [-0.2, -0.15) is 0 Å². The minimum atomic E-state index is -0.339. The maximum absolute atomic E-state index is 12.4. The van der Waals surface area contributed by atoms with Gasteiger partial charge in [-0.1, -0.05) is 17.7 Å². The Morgan fingerprint density at radius 2 is 2.16 bits per heavy atom. The van der Waals surface area contributed by atoms with E-state index in [0.29, 0.717) is 17.3 Å². The summed E-state index contributed by atoms with van der Waals surface area (Å²) in [5.41, 5.74) is 0.544. The summed E-state index contributed by atoms with van der Waals surface area (Å²) in [5.74, 6) is -0.680. The van der Waals surface area contributed by atoms with Crippen LogP contribution in [0.5, 0.6) is 0 Å². The van der Waals surface area contributed by atoms with Crippen LogP contribution in [0.15, 0.2) is 24.3 Å². The number of hydrogen-bond donors (Lipinski definition) is 0. The van der Waals surface area contributed by atoms with E-state index >= 15 is 0 Å². The van der Waals surface area contributed by atoms with Gasteiger partial charge in [-0.25, -0.2) is 0 Å². The van der Waals surface area contributed by atoms with Crippen molar-refractivity contribution in [3.63, 3.8) is 0 Å². The van der Waals surface area contributed by atoms with Crippen LogP contribution >= 0.6 is 11.6 Å². The summed E-state index contributed by atoms with van der Waals surface area (Å²) in [6.07, 6.45) is 1.93. The lowest BCUT2D eigenvalue weighted by Gasteiger charge is -2.18. The van der Waals surface area contributed by atoms with Gasteiger partial charge in [0, 0.05) is 18.1 Å². The Balaban J connectivity index is 1.86. The highest BCUT2D eigenvalue weighted by atomic mass is 35.5. The molecule has 0 spiro atoms. The molecule has 0 aromatic heterocycles. The van der Waals surface area contributed by atoms with Crippen LogP contribution in [-0.2, 0) is 14.3 Å². The minimum absolute atomic E-state index is 0.111. The number of amides is 2. The van der Waals surface area contributed by atoms with Gasteiger partial charge in [0.25, 0.3) is 0 Å². The van der Waals surface area contributed by atoms with Crippen molar-refractivity contribution in [3.8, 4) is 0 Å². The fourth-order valence-electron chi connectivity index (χ4n) is 2.75. The Morgan fingerprint density at radius 1 is 1.32 bits per heavy atom. The fraction of sp³-hybridized carbons (Fsp3) is 0.429. The van der Waals surface area contributed by atoms with Crippen molar-refractivity contribution >= 4 is 29.1 Å². The number of carbonyl (C=O) groups is 2. The summed E-state index contributed by atoms with van der Waals surface area (Å²) < 4.78 is 5.54. The van der Waals surface area contributed by atoms with Crippen molar-refractivity contribution in [2.45, 2.75) is 25.4 Å². The summed E-state index contributed by atoms with van der Waals surface area (Å²) in [5, 5.41) is 0.513. The molecule has 1 aromatic rings. The number of nitrogens with zero attached hydrogens (tertiary/aromatic N) is 1. The maximum Gasteiger partial charge on any atom is 0.240 e. The summed E-state index contributed by atoms with van der Waals surface area (Å²) in [6, 6.07) is 6.81. The Bertz CT molecular complexity index is 525. The van der Waals surface area contributed by atoms with Gasteiger partial charge in [-0.05, 0) is 31.0 Å². The molecule has 2 heterocycles. The van der Waals surface area contributed by atoms with Crippen LogP contribution in [0.1, 0.15) is 19.3 Å². The molecule has 2 aliphatic heterocycles. The summed E-state index contributed by atoms with van der Waals surface area (Å²) in [4.78, 5) is 25.7. The van der Waals surface area contributed by atoms with Crippen molar-refractivity contribution < 1.29 is 14.3 Å². The van der Waals surface area contributed by atoms with Crippen LogP contribution in [0, 0.1) is 5.92 Å². The minimum Gasteiger partial charge on any atom is -0.377 e. The predicted octanol–water partition coefficient (Wildman–Crippen LogP) is 2.40. The second-order valence-electron chi connectivity index (χ2n) is 4.91. The topological polar surface area (TPSA) is 46.6 Å². The van der Waals surface area contributed by atoms with Crippen molar-refractivity contribution in [3.05, 3.63) is 29.3 Å². The molecule has 0 aliphatic carbocycles. The first kappa shape index (κ1) is 12.6. The van der Waals surface area contributed by atoms with Crippen molar-refractivity contribution in [1.82, 2.24) is 0 Å². The normalized spacial score (nSPS) is 27.3. The first-order valence-corrected chi connectivity index (χ1v) is 6.78. The number of rotatable bonds is 2. The molecule has 2 amide bonds. The molecule has 1 aromatic carbocycles. The lowest BCUT2D eigenvalue weighted by Crippen LogP contribution is -2.33. The highest BCUT2D eigenvalue weighted by Crippen LogP contribution is 2.33. The average molecular weight is 280 g/mol. The number of ether oxygens (including phenoxy) is 1. The zero-order valence-electron chi connectivity index (χ0n) is 10.3. The third-order valence-corrected chi connectivity index (χ3v) is 3.90. The molecule has 0 bridgehead atoms. The van der Waals surface area contributed by atoms with Gasteiger partial charge in [-0.3, -0.25) is 14.5 Å². The van der Waals surface area contributed by atoms with Crippen molar-refractivity contribution in [2.24, 2.45) is 5.92 Å². The molecule has 2 fully saturated rings. The Kier molecular flexibility index (Phi) is 3.29. The van der Waals surface area contributed by atoms with Crippen LogP contribution in [0.3, 0.4) is 0 Å². The number of carbonyl (C=O) groups excluding carboxylic acids is 2. The van der Waals surface area contributed by atoms with Gasteiger partial charge in [0.1, 0.15) is 0 Å². The third-order valence-electron chi connectivity index (χ3n) is 3.66. The van der Waals surface area contributed by atoms with Gasteiger partial charge in [0.2, 0.25) is 11.8 Å². The second-order valence-corrected chi connectivity index (χ2v) is 5.35. The third kappa shape index (κ3) is 2.26. The molecule has 0 radical (unpaired) electrons. The lowest BCUT2D eigenvalue weighted by atomic mass is 9.98. The Hall–Kier alpha value is -1.39. The second kappa shape index (κ2) is 4.94. The van der Waals surface area contributed by atoms with Crippen LogP contribution < -0.4 is 4.90 Å². The van der Waals surface area contributed by atoms with Crippen molar-refractivity contribution in [1.29, 1.82) is 0 Å². The largest absolute Gasteiger partial charge is 0.377 e. The Labute approximate surface area is 116 Å². The van der Waals surface area contributed by atoms with Crippen molar-refractivity contribution in [2.75, 3.05) is 11.5 Å². The molecule has 2 saturated heterocycles. The molecule has 100 valence electrons. The standard InChI is InChI=1S/C14H14ClNO3/c15-9-3-1-4-10(7-9)16-13(17)8-11(14(16)18)12-5-2-6-19-12/h1,3-4,7,11-12H,2,5-6,8H2/t11-,12-/m0/s1. The maximum atomic E-state index is 12.4. The molecule has 0 saturated carbocycles. The molecule has 5 heteroatoms. The van der Waals surface area contributed by atoms with E-state index in [-0.39, 0.29) is 30.3 Å². The zero-order valence-corrected chi connectivity index (χ0v) is 11.1. The molecular formula is C14H14ClNO3. The smallest absolute Gasteiger partial charge is 0.240 e. The lowest BCUT2D eigenvalue weighted by molar-refractivity contribution is -0.124. The van der Waals surface area contributed by atoms with Gasteiger partial charge in [-0.15, -0.1) is 0 Å². The van der Waals surface area contributed by atoms with Gasteiger partial charge in [0.15, 0.2) is 0 Å². The van der Waals surface area contributed by atoms with E-state index < -0.39 is 0 Å². The van der Waals surface area contributed by atoms with Gasteiger partial charge in [0.05, 0.1) is 17.7 Å². The molecule has 4 nitrogen and oxygen atoms in total. The number of benzene rings is 1. The zero-order chi connectivity index (χ0) is 13.4. The van der Waals surface area contributed by atoms with Gasteiger partial charge < -0.3 is 4.74 Å². The SMILES string of the molecule is O=C1C[C@@H]([C@@H]2CCCO2)C(=O)N1c1cccc(Cl)c1. The molecular weight excluding hydrogens is 266 g/mol. The van der Waals surface area contributed by atoms with Crippen LogP contribution in [0.4, 0.5) is 5.69 Å². The summed E-state index contributed by atoms with van der Waals surface area (Å²) in [6.45, 7) is 0.680. The van der Waals surface area contributed by atoms with E-state index in [2.05, 4.69) is 0 Å². The number of anilines is 1. The van der Waals surface area contributed by atoms with E-state index in [1.165, 1.54) is 4.90 Å². The molecule has 19 heavy (non-hydrogen) atoms. The van der Waals surface area contributed by atoms with E-state index in [1.54, 1.807) is 24.3 Å². The van der Waals surface area contributed by atoms with E-state index in [0.717, 1.165) is 12.8 Å². The Morgan fingerprint density at radius 3 is 2.84 bits per heavy atom. The van der Waals surface area contributed by atoms with E-state index in [4.69, 9.17) is 16.3 Å². The predicted molar refractivity (Wildman–Crippen MR) is 71.0 cm³/mol. The quantitative estimate of drug-likeness (QED) is 0.781. The molecule has 2 aliphatic rings. The number of imide groups is 1. The highest BCUT2D eigenvalue weighted by molar-refractivity contribution is 6.31. The first-order chi connectivity index (χ1) is 9.16. The van der Waals surface area contributed by atoms with Gasteiger partial charge >= 0.3 is 0 Å². The summed E-state index contributed by atoms with van der Waals surface area (Å²) >= 11 is 5.91. The van der Waals surface area contributed by atoms with E-state index in [1.807, 2.05) is 0 Å². The molecule has 3 rings (SSSR count). The van der Waals surface area contributed by atoms with Crippen LogP contribution in [0.2, 0.25) is 5.02 Å². The van der Waals surface area contributed by atoms with E-state index in [9.17, 15) is 9.59 Å². The number of hydrogen-bond acceptors (Lipinski definition) is 3. The number of halogens is 1. The highest BCUT2D eigenvalue weighted by Gasteiger charge is 2.44. The first-order valence-electron chi connectivity index (χ1n) is 6.41. The molecule has 0 N–H and O–H groups in total. The fourth-order valence-corrected chi connectivity index (χ4v) is 2.94. The van der Waals surface area contributed by atoms with Crippen LogP contribution in [0.25, 0.3) is 0 Å².